The van der Waals surface area contributed by atoms with E-state index in [1.165, 1.54) is 0 Å². The molecule has 0 radical (unpaired) electrons. The Labute approximate surface area is 155 Å². The Morgan fingerprint density at radius 3 is 2.50 bits per heavy atom. The molecule has 2 heterocycles. The number of ether oxygens (including phenoxy) is 1. The lowest BCUT2D eigenvalue weighted by atomic mass is 10.0. The van der Waals surface area contributed by atoms with E-state index in [9.17, 15) is 8.42 Å². The minimum absolute atomic E-state index is 0.0462. The fraction of sp³-hybridized carbons (Fsp3) is 0.400. The lowest BCUT2D eigenvalue weighted by molar-refractivity contribution is -0.0366. The van der Waals surface area contributed by atoms with Gasteiger partial charge in [0.05, 0.1) is 23.6 Å². The molecular formula is C20H24N2O3S. The van der Waals surface area contributed by atoms with Crippen LogP contribution in [0.25, 0.3) is 11.1 Å². The number of rotatable bonds is 3. The molecule has 0 N–H and O–H groups in total. The first kappa shape index (κ1) is 17.7. The minimum atomic E-state index is -3.58. The van der Waals surface area contributed by atoms with Crippen molar-refractivity contribution in [3.63, 3.8) is 0 Å². The van der Waals surface area contributed by atoms with Gasteiger partial charge in [-0.2, -0.15) is 4.31 Å². The van der Waals surface area contributed by atoms with E-state index in [4.69, 9.17) is 4.74 Å². The topological polar surface area (TPSA) is 49.9 Å². The number of benzene rings is 2. The Balaban J connectivity index is 1.70. The molecule has 0 saturated carbocycles. The van der Waals surface area contributed by atoms with Crippen LogP contribution < -0.4 is 0 Å². The number of hydrogen-bond donors (Lipinski definition) is 0. The van der Waals surface area contributed by atoms with Crippen molar-refractivity contribution in [1.29, 1.82) is 0 Å². The molecule has 2 saturated heterocycles. The van der Waals surface area contributed by atoms with Crippen molar-refractivity contribution >= 4 is 10.0 Å². The van der Waals surface area contributed by atoms with Crippen LogP contribution in [0.3, 0.4) is 0 Å². The third kappa shape index (κ3) is 3.07. The van der Waals surface area contributed by atoms with Crippen LogP contribution >= 0.6 is 0 Å². The highest BCUT2D eigenvalue weighted by Crippen LogP contribution is 2.32. The third-order valence-electron chi connectivity index (χ3n) is 5.41. The molecule has 26 heavy (non-hydrogen) atoms. The number of aryl methyl sites for hydroxylation is 1. The predicted molar refractivity (Wildman–Crippen MR) is 102 cm³/mol. The summed E-state index contributed by atoms with van der Waals surface area (Å²) >= 11 is 0. The van der Waals surface area contributed by atoms with E-state index in [0.717, 1.165) is 23.2 Å². The first-order valence-electron chi connectivity index (χ1n) is 8.95. The van der Waals surface area contributed by atoms with E-state index in [1.54, 1.807) is 16.4 Å². The van der Waals surface area contributed by atoms with Gasteiger partial charge in [-0.1, -0.05) is 48.0 Å². The number of fused-ring (bicyclic) bond motifs is 1. The summed E-state index contributed by atoms with van der Waals surface area (Å²) in [4.78, 5) is 2.57. The van der Waals surface area contributed by atoms with E-state index >= 15 is 0 Å². The summed E-state index contributed by atoms with van der Waals surface area (Å²) in [5.41, 5.74) is 2.81. The van der Waals surface area contributed by atoms with Crippen LogP contribution in [0.4, 0.5) is 0 Å². The zero-order valence-corrected chi connectivity index (χ0v) is 15.9. The van der Waals surface area contributed by atoms with Crippen LogP contribution in [-0.4, -0.2) is 63.1 Å². The third-order valence-corrected chi connectivity index (χ3v) is 7.30. The van der Waals surface area contributed by atoms with E-state index in [2.05, 4.69) is 4.90 Å². The molecule has 138 valence electrons. The molecule has 2 atom stereocenters. The minimum Gasteiger partial charge on any atom is -0.374 e. The molecular weight excluding hydrogens is 348 g/mol. The molecule has 0 spiro atoms. The van der Waals surface area contributed by atoms with E-state index in [-0.39, 0.29) is 12.1 Å². The average molecular weight is 372 g/mol. The maximum Gasteiger partial charge on any atom is 0.243 e. The molecule has 0 amide bonds. The van der Waals surface area contributed by atoms with Crippen molar-refractivity contribution in [3.05, 3.63) is 54.1 Å². The Bertz CT molecular complexity index is 896. The molecule has 2 fully saturated rings. The van der Waals surface area contributed by atoms with Crippen molar-refractivity contribution in [2.24, 2.45) is 0 Å². The number of sulfonamides is 1. The number of hydrogen-bond acceptors (Lipinski definition) is 4. The van der Waals surface area contributed by atoms with Crippen LogP contribution in [0, 0.1) is 6.92 Å². The normalized spacial score (nSPS) is 24.5. The van der Waals surface area contributed by atoms with Crippen LogP contribution in [0.5, 0.6) is 0 Å². The van der Waals surface area contributed by atoms with Crippen LogP contribution in [0.1, 0.15) is 5.56 Å². The van der Waals surface area contributed by atoms with Gasteiger partial charge in [0.15, 0.2) is 0 Å². The molecule has 0 aromatic heterocycles. The number of nitrogens with zero attached hydrogens (tertiary/aromatic N) is 2. The van der Waals surface area contributed by atoms with Crippen molar-refractivity contribution in [3.8, 4) is 11.1 Å². The van der Waals surface area contributed by atoms with Gasteiger partial charge in [-0.25, -0.2) is 8.42 Å². The van der Waals surface area contributed by atoms with E-state index < -0.39 is 10.0 Å². The SMILES string of the molecule is Cc1ccc(-c2ccccc2S(=O)(=O)N2C[C@@H]3OCCN(C)[C@H]3C2)cc1. The quantitative estimate of drug-likeness (QED) is 0.830. The summed E-state index contributed by atoms with van der Waals surface area (Å²) in [6, 6.07) is 15.4. The van der Waals surface area contributed by atoms with Crippen LogP contribution in [0.2, 0.25) is 0 Å². The van der Waals surface area contributed by atoms with Crippen molar-refractivity contribution in [2.75, 3.05) is 33.3 Å². The lowest BCUT2D eigenvalue weighted by Gasteiger charge is -2.33. The highest BCUT2D eigenvalue weighted by atomic mass is 32.2. The fourth-order valence-electron chi connectivity index (χ4n) is 3.82. The van der Waals surface area contributed by atoms with Crippen LogP contribution in [-0.2, 0) is 14.8 Å². The summed E-state index contributed by atoms with van der Waals surface area (Å²) in [6.07, 6.45) is -0.0462. The Morgan fingerprint density at radius 2 is 1.77 bits per heavy atom. The zero-order chi connectivity index (χ0) is 18.3. The predicted octanol–water partition coefficient (Wildman–Crippen LogP) is 2.37. The molecule has 2 aromatic rings. The highest BCUT2D eigenvalue weighted by molar-refractivity contribution is 7.89. The molecule has 0 bridgehead atoms. The number of morpholine rings is 1. The van der Waals surface area contributed by atoms with Gasteiger partial charge in [0.1, 0.15) is 0 Å². The molecule has 0 unspecified atom stereocenters. The summed E-state index contributed by atoms with van der Waals surface area (Å²) in [5.74, 6) is 0. The molecule has 2 aliphatic rings. The molecule has 0 aliphatic carbocycles. The van der Waals surface area contributed by atoms with Gasteiger partial charge in [0.25, 0.3) is 0 Å². The summed E-state index contributed by atoms with van der Waals surface area (Å²) in [6.45, 7) is 4.42. The molecule has 6 heteroatoms. The second-order valence-electron chi connectivity index (χ2n) is 7.14. The smallest absolute Gasteiger partial charge is 0.243 e. The average Bonchev–Trinajstić information content (AvgIpc) is 3.09. The van der Waals surface area contributed by atoms with E-state index in [1.807, 2.05) is 50.4 Å². The maximum atomic E-state index is 13.4. The Morgan fingerprint density at radius 1 is 1.04 bits per heavy atom. The molecule has 5 nitrogen and oxygen atoms in total. The molecule has 2 aromatic carbocycles. The summed E-state index contributed by atoms with van der Waals surface area (Å²) in [7, 11) is -1.54. The van der Waals surface area contributed by atoms with Gasteiger partial charge in [0, 0.05) is 25.2 Å². The van der Waals surface area contributed by atoms with Gasteiger partial charge in [-0.3, -0.25) is 4.90 Å². The van der Waals surface area contributed by atoms with Crippen LogP contribution in [0.15, 0.2) is 53.4 Å². The largest absolute Gasteiger partial charge is 0.374 e. The standard InChI is InChI=1S/C20H24N2O3S/c1-15-7-9-16(10-8-15)17-5-3-4-6-20(17)26(23,24)22-13-18-19(14-22)25-12-11-21(18)2/h3-10,18-19H,11-14H2,1-2H3/t18-,19-/m0/s1. The Kier molecular flexibility index (Phi) is 4.61. The van der Waals surface area contributed by atoms with Crippen molar-refractivity contribution < 1.29 is 13.2 Å². The summed E-state index contributed by atoms with van der Waals surface area (Å²) in [5, 5.41) is 0. The van der Waals surface area contributed by atoms with Crippen molar-refractivity contribution in [2.45, 2.75) is 24.0 Å². The van der Waals surface area contributed by atoms with Gasteiger partial charge in [-0.15, -0.1) is 0 Å². The van der Waals surface area contributed by atoms with Gasteiger partial charge in [0.2, 0.25) is 10.0 Å². The molecule has 2 aliphatic heterocycles. The van der Waals surface area contributed by atoms with Gasteiger partial charge >= 0.3 is 0 Å². The second-order valence-corrected chi connectivity index (χ2v) is 9.05. The van der Waals surface area contributed by atoms with Gasteiger partial charge < -0.3 is 4.74 Å². The molecule has 4 rings (SSSR count). The second kappa shape index (κ2) is 6.78. The maximum absolute atomic E-state index is 13.4. The fourth-order valence-corrected chi connectivity index (χ4v) is 5.51. The first-order valence-corrected chi connectivity index (χ1v) is 10.4. The summed E-state index contributed by atoms with van der Waals surface area (Å²) < 4.78 is 34.2. The lowest BCUT2D eigenvalue weighted by Crippen LogP contribution is -2.48. The number of likely N-dealkylation sites (N-methyl/N-ethyl adjacent to an activating group) is 1. The zero-order valence-electron chi connectivity index (χ0n) is 15.1. The Hall–Kier alpha value is -1.73. The highest BCUT2D eigenvalue weighted by Gasteiger charge is 2.43. The van der Waals surface area contributed by atoms with Crippen molar-refractivity contribution in [1.82, 2.24) is 9.21 Å². The van der Waals surface area contributed by atoms with Gasteiger partial charge in [-0.05, 0) is 25.6 Å². The monoisotopic (exact) mass is 372 g/mol. The first-order chi connectivity index (χ1) is 12.5. The van der Waals surface area contributed by atoms with E-state index in [0.29, 0.717) is 24.6 Å².